The molecule has 3 nitrogen and oxygen atoms in total. The second-order valence-electron chi connectivity index (χ2n) is 6.60. The first-order valence-corrected chi connectivity index (χ1v) is 9.48. The summed E-state index contributed by atoms with van der Waals surface area (Å²) in [6.07, 6.45) is 6.82. The van der Waals surface area contributed by atoms with Crippen LogP contribution in [0.15, 0.2) is 18.2 Å². The first kappa shape index (κ1) is 15.9. The maximum Gasteiger partial charge on any atom is 0.224 e. The van der Waals surface area contributed by atoms with Gasteiger partial charge in [-0.15, -0.1) is 0 Å². The molecule has 0 aromatic heterocycles. The van der Waals surface area contributed by atoms with Crippen LogP contribution in [0.3, 0.4) is 0 Å². The van der Waals surface area contributed by atoms with Gasteiger partial charge < -0.3 is 10.4 Å². The Morgan fingerprint density at radius 1 is 1.18 bits per heavy atom. The summed E-state index contributed by atoms with van der Waals surface area (Å²) >= 11 is 1.87. The lowest BCUT2D eigenvalue weighted by Crippen LogP contribution is -2.45. The molecule has 1 aliphatic heterocycles. The number of carbonyl (C=O) groups is 1. The zero-order chi connectivity index (χ0) is 15.4. The molecule has 1 heterocycles. The summed E-state index contributed by atoms with van der Waals surface area (Å²) in [5, 5.41) is 13.3. The van der Waals surface area contributed by atoms with Gasteiger partial charge in [0.2, 0.25) is 5.91 Å². The highest BCUT2D eigenvalue weighted by Gasteiger charge is 2.29. The number of fused-ring (bicyclic) bond motifs is 1. The zero-order valence-corrected chi connectivity index (χ0v) is 13.9. The third kappa shape index (κ3) is 4.05. The quantitative estimate of drug-likeness (QED) is 0.896. The highest BCUT2D eigenvalue weighted by atomic mass is 32.2. The van der Waals surface area contributed by atoms with E-state index in [2.05, 4.69) is 23.5 Å². The number of hydrogen-bond acceptors (Lipinski definition) is 3. The summed E-state index contributed by atoms with van der Waals surface area (Å²) in [5.74, 6) is 1.98. The monoisotopic (exact) mass is 319 g/mol. The van der Waals surface area contributed by atoms with E-state index in [1.54, 1.807) is 0 Å². The van der Waals surface area contributed by atoms with Gasteiger partial charge in [0.15, 0.2) is 0 Å². The van der Waals surface area contributed by atoms with Crippen LogP contribution in [0.4, 0.5) is 0 Å². The van der Waals surface area contributed by atoms with Gasteiger partial charge >= 0.3 is 0 Å². The molecule has 1 aromatic carbocycles. The molecule has 2 N–H and O–H groups in total. The number of carbonyl (C=O) groups excluding carboxylic acids is 1. The van der Waals surface area contributed by atoms with Gasteiger partial charge in [-0.2, -0.15) is 11.8 Å². The van der Waals surface area contributed by atoms with Crippen molar-refractivity contribution in [2.45, 2.75) is 50.5 Å². The maximum atomic E-state index is 12.1. The number of amides is 1. The van der Waals surface area contributed by atoms with E-state index in [1.807, 2.05) is 11.8 Å². The summed E-state index contributed by atoms with van der Waals surface area (Å²) in [6, 6.07) is 6.46. The SMILES string of the molecule is O=C(Cc1ccc2c(c1)CCCC2)NCC1(O)CCSCC1. The number of aryl methyl sites for hydroxylation is 2. The molecule has 0 spiro atoms. The van der Waals surface area contributed by atoms with Crippen LogP contribution in [-0.4, -0.2) is 34.7 Å². The largest absolute Gasteiger partial charge is 0.388 e. The molecule has 1 amide bonds. The van der Waals surface area contributed by atoms with Crippen LogP contribution in [0.25, 0.3) is 0 Å². The van der Waals surface area contributed by atoms with Crippen LogP contribution < -0.4 is 5.32 Å². The molecule has 1 saturated heterocycles. The van der Waals surface area contributed by atoms with Crippen molar-refractivity contribution in [1.29, 1.82) is 0 Å². The van der Waals surface area contributed by atoms with Crippen molar-refractivity contribution in [2.24, 2.45) is 0 Å². The normalized spacial score (nSPS) is 20.2. The molecule has 0 atom stereocenters. The number of hydrogen-bond donors (Lipinski definition) is 2. The molecule has 1 aliphatic carbocycles. The van der Waals surface area contributed by atoms with Crippen molar-refractivity contribution < 1.29 is 9.90 Å². The van der Waals surface area contributed by atoms with E-state index in [0.29, 0.717) is 13.0 Å². The Hall–Kier alpha value is -1.00. The van der Waals surface area contributed by atoms with Crippen LogP contribution >= 0.6 is 11.8 Å². The maximum absolute atomic E-state index is 12.1. The molecule has 120 valence electrons. The smallest absolute Gasteiger partial charge is 0.224 e. The fraction of sp³-hybridized carbons (Fsp3) is 0.611. The first-order chi connectivity index (χ1) is 10.6. The van der Waals surface area contributed by atoms with E-state index >= 15 is 0 Å². The minimum atomic E-state index is -0.698. The molecule has 1 fully saturated rings. The predicted molar refractivity (Wildman–Crippen MR) is 91.3 cm³/mol. The number of nitrogens with one attached hydrogen (secondary N) is 1. The van der Waals surface area contributed by atoms with Gasteiger partial charge in [0.05, 0.1) is 12.0 Å². The number of thioether (sulfide) groups is 1. The fourth-order valence-corrected chi connectivity index (χ4v) is 4.59. The van der Waals surface area contributed by atoms with E-state index in [-0.39, 0.29) is 5.91 Å². The Morgan fingerprint density at radius 2 is 1.91 bits per heavy atom. The van der Waals surface area contributed by atoms with Gasteiger partial charge in [-0.3, -0.25) is 4.79 Å². The van der Waals surface area contributed by atoms with Crippen LogP contribution in [0.1, 0.15) is 42.4 Å². The first-order valence-electron chi connectivity index (χ1n) is 8.32. The van der Waals surface area contributed by atoms with Crippen LogP contribution in [0, 0.1) is 0 Å². The minimum Gasteiger partial charge on any atom is -0.388 e. The van der Waals surface area contributed by atoms with E-state index < -0.39 is 5.60 Å². The second kappa shape index (κ2) is 7.05. The van der Waals surface area contributed by atoms with E-state index in [9.17, 15) is 9.90 Å². The Morgan fingerprint density at radius 3 is 2.68 bits per heavy atom. The highest BCUT2D eigenvalue weighted by Crippen LogP contribution is 2.26. The van der Waals surface area contributed by atoms with Crippen molar-refractivity contribution in [3.05, 3.63) is 34.9 Å². The van der Waals surface area contributed by atoms with E-state index in [4.69, 9.17) is 0 Å². The zero-order valence-electron chi connectivity index (χ0n) is 13.1. The van der Waals surface area contributed by atoms with Crippen LogP contribution in [-0.2, 0) is 24.1 Å². The van der Waals surface area contributed by atoms with Gasteiger partial charge in [-0.25, -0.2) is 0 Å². The minimum absolute atomic E-state index is 0.0161. The summed E-state index contributed by atoms with van der Waals surface area (Å²) in [7, 11) is 0. The molecule has 0 unspecified atom stereocenters. The predicted octanol–water partition coefficient (Wildman–Crippen LogP) is 2.48. The summed E-state index contributed by atoms with van der Waals surface area (Å²) in [6.45, 7) is 0.386. The molecule has 4 heteroatoms. The average Bonchev–Trinajstić information content (AvgIpc) is 2.54. The lowest BCUT2D eigenvalue weighted by atomic mass is 9.90. The third-order valence-corrected chi connectivity index (χ3v) is 5.80. The van der Waals surface area contributed by atoms with Crippen LogP contribution in [0.5, 0.6) is 0 Å². The van der Waals surface area contributed by atoms with Crippen molar-refractivity contribution >= 4 is 17.7 Å². The van der Waals surface area contributed by atoms with Crippen molar-refractivity contribution in [1.82, 2.24) is 5.32 Å². The van der Waals surface area contributed by atoms with Gasteiger partial charge in [-0.05, 0) is 66.7 Å². The number of benzene rings is 1. The van der Waals surface area contributed by atoms with Crippen molar-refractivity contribution in [2.75, 3.05) is 18.1 Å². The molecule has 3 rings (SSSR count). The summed E-state index contributed by atoms with van der Waals surface area (Å²) in [5.41, 5.74) is 3.25. The fourth-order valence-electron chi connectivity index (χ4n) is 3.34. The highest BCUT2D eigenvalue weighted by molar-refractivity contribution is 7.99. The van der Waals surface area contributed by atoms with Gasteiger partial charge in [0.1, 0.15) is 0 Å². The average molecular weight is 319 g/mol. The second-order valence-corrected chi connectivity index (χ2v) is 7.83. The molecule has 1 aromatic rings. The molecule has 22 heavy (non-hydrogen) atoms. The topological polar surface area (TPSA) is 49.3 Å². The number of rotatable bonds is 4. The Kier molecular flexibility index (Phi) is 5.09. The third-order valence-electron chi connectivity index (χ3n) is 4.82. The van der Waals surface area contributed by atoms with Gasteiger partial charge in [0.25, 0.3) is 0 Å². The molecule has 2 aliphatic rings. The number of aliphatic hydroxyl groups is 1. The molecular formula is C18H25NO2S. The van der Waals surface area contributed by atoms with Gasteiger partial charge in [-0.1, -0.05) is 18.2 Å². The molecular weight excluding hydrogens is 294 g/mol. The molecule has 0 saturated carbocycles. The van der Waals surface area contributed by atoms with E-state index in [0.717, 1.165) is 36.3 Å². The molecule has 0 bridgehead atoms. The van der Waals surface area contributed by atoms with Gasteiger partial charge in [0, 0.05) is 6.54 Å². The lowest BCUT2D eigenvalue weighted by molar-refractivity contribution is -0.121. The van der Waals surface area contributed by atoms with Crippen molar-refractivity contribution in [3.8, 4) is 0 Å². The van der Waals surface area contributed by atoms with Crippen LogP contribution in [0.2, 0.25) is 0 Å². The Bertz CT molecular complexity index is 538. The lowest BCUT2D eigenvalue weighted by Gasteiger charge is -2.31. The standard InChI is InChI=1S/C18H25NO2S/c20-17(19-13-18(21)7-9-22-10-8-18)12-14-5-6-15-3-1-2-4-16(15)11-14/h5-6,11,21H,1-4,7-10,12-13H2,(H,19,20). The van der Waals surface area contributed by atoms with Crippen molar-refractivity contribution in [3.63, 3.8) is 0 Å². The summed E-state index contributed by atoms with van der Waals surface area (Å²) < 4.78 is 0. The Balaban J connectivity index is 1.53. The summed E-state index contributed by atoms with van der Waals surface area (Å²) in [4.78, 5) is 12.1. The van der Waals surface area contributed by atoms with E-state index in [1.165, 1.54) is 30.4 Å². The molecule has 0 radical (unpaired) electrons. The Labute approximate surface area is 136 Å².